The molecule has 1 heterocycles. The van der Waals surface area contributed by atoms with Gasteiger partial charge in [-0.3, -0.25) is 4.79 Å². The number of fused-ring (bicyclic) bond motifs is 5. The molecule has 4 atom stereocenters. The first-order chi connectivity index (χ1) is 12.5. The molecule has 1 aromatic heterocycles. The Balaban J connectivity index is 1.50. The second-order valence-electron chi connectivity index (χ2n) is 9.01. The number of hydrogen-bond acceptors (Lipinski definition) is 3. The zero-order chi connectivity index (χ0) is 17.9. The third-order valence-corrected chi connectivity index (χ3v) is 7.88. The summed E-state index contributed by atoms with van der Waals surface area (Å²) in [5.74, 6) is 1.65. The number of aromatic nitrogens is 2. The van der Waals surface area contributed by atoms with Gasteiger partial charge in [-0.15, -0.1) is 0 Å². The van der Waals surface area contributed by atoms with Crippen molar-refractivity contribution in [3.8, 4) is 0 Å². The molecule has 0 aliphatic heterocycles. The second-order valence-corrected chi connectivity index (χ2v) is 9.01. The summed E-state index contributed by atoms with van der Waals surface area (Å²) in [7, 11) is 0. The van der Waals surface area contributed by atoms with E-state index in [1.807, 2.05) is 18.5 Å². The van der Waals surface area contributed by atoms with E-state index in [-0.39, 0.29) is 10.8 Å². The Labute approximate surface area is 155 Å². The van der Waals surface area contributed by atoms with Crippen LogP contribution in [0, 0.1) is 22.7 Å². The minimum Gasteiger partial charge on any atom is -0.295 e. The SMILES string of the molecule is C[C@]12CCC3C(CCC4=CC(=O)CC[C@@]43C)C1=CC=C2c1cncnc1. The van der Waals surface area contributed by atoms with E-state index < -0.39 is 0 Å². The van der Waals surface area contributed by atoms with E-state index in [9.17, 15) is 4.79 Å². The van der Waals surface area contributed by atoms with Crippen LogP contribution in [0.25, 0.3) is 5.57 Å². The fourth-order valence-corrected chi connectivity index (χ4v) is 6.41. The van der Waals surface area contributed by atoms with Gasteiger partial charge in [0.25, 0.3) is 0 Å². The number of nitrogens with zero attached hydrogens (tertiary/aromatic N) is 2. The highest BCUT2D eigenvalue weighted by molar-refractivity contribution is 5.91. The van der Waals surface area contributed by atoms with Crippen LogP contribution in [-0.2, 0) is 4.79 Å². The molecule has 0 amide bonds. The van der Waals surface area contributed by atoms with Crippen LogP contribution in [0.15, 0.2) is 48.1 Å². The maximum Gasteiger partial charge on any atom is 0.155 e. The van der Waals surface area contributed by atoms with E-state index in [1.54, 1.807) is 11.9 Å². The molecule has 2 fully saturated rings. The van der Waals surface area contributed by atoms with Gasteiger partial charge < -0.3 is 0 Å². The van der Waals surface area contributed by atoms with Gasteiger partial charge in [-0.1, -0.05) is 37.1 Å². The van der Waals surface area contributed by atoms with Crippen LogP contribution in [0.5, 0.6) is 0 Å². The fourth-order valence-electron chi connectivity index (χ4n) is 6.41. The Hall–Kier alpha value is -2.03. The molecule has 3 heteroatoms. The van der Waals surface area contributed by atoms with E-state index in [2.05, 4.69) is 36.0 Å². The number of rotatable bonds is 1. The minimum atomic E-state index is 0.119. The Morgan fingerprint density at radius 3 is 2.65 bits per heavy atom. The average molecular weight is 346 g/mol. The molecule has 2 unspecified atom stereocenters. The number of carbonyl (C=O) groups is 1. The Morgan fingerprint density at radius 1 is 1.04 bits per heavy atom. The van der Waals surface area contributed by atoms with Gasteiger partial charge in [0.05, 0.1) is 0 Å². The summed E-state index contributed by atoms with van der Waals surface area (Å²) < 4.78 is 0. The van der Waals surface area contributed by atoms with E-state index in [4.69, 9.17) is 0 Å². The maximum absolute atomic E-state index is 11.9. The predicted octanol–water partition coefficient (Wildman–Crippen LogP) is 4.92. The zero-order valence-electron chi connectivity index (χ0n) is 15.7. The van der Waals surface area contributed by atoms with Gasteiger partial charge in [0, 0.05) is 29.8 Å². The highest BCUT2D eigenvalue weighted by Gasteiger charge is 2.54. The first-order valence-corrected chi connectivity index (χ1v) is 9.94. The molecule has 5 rings (SSSR count). The third-order valence-electron chi connectivity index (χ3n) is 7.88. The highest BCUT2D eigenvalue weighted by Crippen LogP contribution is 2.65. The minimum absolute atomic E-state index is 0.119. The van der Waals surface area contributed by atoms with Gasteiger partial charge in [0.15, 0.2) is 5.78 Å². The lowest BCUT2D eigenvalue weighted by Gasteiger charge is -2.56. The maximum atomic E-state index is 11.9. The first-order valence-electron chi connectivity index (χ1n) is 9.94. The van der Waals surface area contributed by atoms with Crippen molar-refractivity contribution >= 4 is 11.4 Å². The zero-order valence-corrected chi connectivity index (χ0v) is 15.7. The van der Waals surface area contributed by atoms with Gasteiger partial charge in [-0.25, -0.2) is 9.97 Å². The van der Waals surface area contributed by atoms with Crippen molar-refractivity contribution in [2.75, 3.05) is 0 Å². The van der Waals surface area contributed by atoms with Crippen LogP contribution >= 0.6 is 0 Å². The summed E-state index contributed by atoms with van der Waals surface area (Å²) in [6.45, 7) is 4.85. The molecular formula is C23H26N2O. The van der Waals surface area contributed by atoms with E-state index >= 15 is 0 Å². The molecule has 0 bridgehead atoms. The highest BCUT2D eigenvalue weighted by atomic mass is 16.1. The van der Waals surface area contributed by atoms with Gasteiger partial charge in [-0.2, -0.15) is 0 Å². The van der Waals surface area contributed by atoms with Crippen molar-refractivity contribution in [1.82, 2.24) is 9.97 Å². The third kappa shape index (κ3) is 2.09. The number of allylic oxidation sites excluding steroid dienone is 6. The molecular weight excluding hydrogens is 320 g/mol. The van der Waals surface area contributed by atoms with Gasteiger partial charge >= 0.3 is 0 Å². The van der Waals surface area contributed by atoms with Crippen molar-refractivity contribution in [2.24, 2.45) is 22.7 Å². The molecule has 2 saturated carbocycles. The van der Waals surface area contributed by atoms with Crippen LogP contribution in [0.3, 0.4) is 0 Å². The lowest BCUT2D eigenvalue weighted by molar-refractivity contribution is -0.116. The van der Waals surface area contributed by atoms with Crippen LogP contribution in [0.1, 0.15) is 57.9 Å². The van der Waals surface area contributed by atoms with Crippen LogP contribution < -0.4 is 0 Å². The fraction of sp³-hybridized carbons (Fsp3) is 0.522. The number of hydrogen-bond donors (Lipinski definition) is 0. The average Bonchev–Trinajstić information content (AvgIpc) is 3.00. The van der Waals surface area contributed by atoms with Gasteiger partial charge in [0.2, 0.25) is 0 Å². The van der Waals surface area contributed by atoms with Crippen molar-refractivity contribution in [2.45, 2.75) is 52.4 Å². The second kappa shape index (κ2) is 5.48. The van der Waals surface area contributed by atoms with Crippen molar-refractivity contribution in [3.63, 3.8) is 0 Å². The molecule has 0 N–H and O–H groups in total. The summed E-state index contributed by atoms with van der Waals surface area (Å²) in [6, 6.07) is 0. The van der Waals surface area contributed by atoms with E-state index in [1.165, 1.54) is 30.4 Å². The first kappa shape index (κ1) is 16.2. The molecule has 3 nitrogen and oxygen atoms in total. The summed E-state index contributed by atoms with van der Waals surface area (Å²) in [6.07, 6.45) is 18.6. The summed E-state index contributed by atoms with van der Waals surface area (Å²) in [4.78, 5) is 20.4. The number of carbonyl (C=O) groups excluding carboxylic acids is 1. The van der Waals surface area contributed by atoms with Gasteiger partial charge in [0.1, 0.15) is 6.33 Å². The molecule has 4 aliphatic rings. The van der Waals surface area contributed by atoms with Crippen LogP contribution in [-0.4, -0.2) is 15.8 Å². The molecule has 4 aliphatic carbocycles. The van der Waals surface area contributed by atoms with Gasteiger partial charge in [-0.05, 0) is 61.0 Å². The quantitative estimate of drug-likeness (QED) is 0.725. The predicted molar refractivity (Wildman–Crippen MR) is 102 cm³/mol. The molecule has 0 aromatic carbocycles. The summed E-state index contributed by atoms with van der Waals surface area (Å²) >= 11 is 0. The summed E-state index contributed by atoms with van der Waals surface area (Å²) in [5.41, 5.74) is 5.93. The van der Waals surface area contributed by atoms with Crippen molar-refractivity contribution in [1.29, 1.82) is 0 Å². The topological polar surface area (TPSA) is 42.9 Å². The Kier molecular flexibility index (Phi) is 3.41. The lowest BCUT2D eigenvalue weighted by Crippen LogP contribution is -2.47. The normalized spacial score (nSPS) is 38.5. The van der Waals surface area contributed by atoms with E-state index in [0.717, 1.165) is 24.8 Å². The largest absolute Gasteiger partial charge is 0.295 e. The Bertz CT molecular complexity index is 865. The Morgan fingerprint density at radius 2 is 1.85 bits per heavy atom. The monoisotopic (exact) mass is 346 g/mol. The molecule has 26 heavy (non-hydrogen) atoms. The van der Waals surface area contributed by atoms with E-state index in [0.29, 0.717) is 17.6 Å². The summed E-state index contributed by atoms with van der Waals surface area (Å²) in [5, 5.41) is 0. The molecule has 134 valence electrons. The molecule has 0 radical (unpaired) electrons. The van der Waals surface area contributed by atoms with Crippen LogP contribution in [0.2, 0.25) is 0 Å². The van der Waals surface area contributed by atoms with Crippen molar-refractivity contribution < 1.29 is 4.79 Å². The number of ketones is 1. The smallest absolute Gasteiger partial charge is 0.155 e. The lowest BCUT2D eigenvalue weighted by atomic mass is 9.48. The molecule has 0 spiro atoms. The van der Waals surface area contributed by atoms with Crippen LogP contribution in [0.4, 0.5) is 0 Å². The standard InChI is InChI=1S/C23H26N2O/c1-22-9-7-17(26)11-16(22)3-4-18-20-6-5-19(15-12-24-14-25-13-15)23(20,2)10-8-21(18)22/h5-6,11-14,18,21H,3-4,7-10H2,1-2H3/t18?,21?,22-,23+/m0/s1. The van der Waals surface area contributed by atoms with Crippen molar-refractivity contribution in [3.05, 3.63) is 53.7 Å². The molecule has 1 aromatic rings. The molecule has 0 saturated heterocycles.